The first kappa shape index (κ1) is 24.9. The van der Waals surface area contributed by atoms with E-state index >= 15 is 0 Å². The number of aliphatic hydroxyl groups excluding tert-OH is 1. The maximum atomic E-state index is 13.8. The molecule has 1 heterocycles. The molecule has 2 N–H and O–H groups in total. The fourth-order valence-corrected chi connectivity index (χ4v) is 11.7. The Bertz CT molecular complexity index is 1050. The molecule has 9 atom stereocenters. The molecule has 200 valence electrons. The van der Waals surface area contributed by atoms with Crippen LogP contribution >= 0.6 is 0 Å². The van der Waals surface area contributed by atoms with E-state index in [1.165, 1.54) is 0 Å². The van der Waals surface area contributed by atoms with E-state index in [1.54, 1.807) is 6.21 Å². The fourth-order valence-electron chi connectivity index (χ4n) is 11.7. The van der Waals surface area contributed by atoms with Crippen LogP contribution in [-0.4, -0.2) is 40.0 Å². The molecule has 6 rings (SSSR count). The van der Waals surface area contributed by atoms with Crippen LogP contribution in [0.5, 0.6) is 0 Å². The smallest absolute Gasteiger partial charge is 0.313 e. The number of hydrogen-bond donors (Lipinski definition) is 2. The highest BCUT2D eigenvalue weighted by Gasteiger charge is 2.84. The number of fused-ring (bicyclic) bond motifs is 4. The van der Waals surface area contributed by atoms with Crippen LogP contribution in [0.4, 0.5) is 0 Å². The van der Waals surface area contributed by atoms with E-state index in [0.29, 0.717) is 25.0 Å². The third-order valence-corrected chi connectivity index (χ3v) is 13.6. The SMILES string of the molecule is CC1(C)CC[C@@]23CC[C@]4(/C=N\O)[C@@](OC2=O)(C3C1)[C@@H](O)CC1[C@@]2(C)CCC(=O)C(C)(C)C2CC[C@]14C. The van der Waals surface area contributed by atoms with Gasteiger partial charge < -0.3 is 15.1 Å². The lowest BCUT2D eigenvalue weighted by atomic mass is 9.30. The lowest BCUT2D eigenvalue weighted by Crippen LogP contribution is -2.77. The highest BCUT2D eigenvalue weighted by atomic mass is 16.6. The molecule has 1 saturated heterocycles. The number of carbonyl (C=O) groups is 2. The number of Topliss-reactive ketones (excluding diaryl/α,β-unsaturated/α-hetero) is 1. The van der Waals surface area contributed by atoms with Crippen LogP contribution in [0.25, 0.3) is 0 Å². The zero-order valence-corrected chi connectivity index (χ0v) is 23.0. The first-order valence-corrected chi connectivity index (χ1v) is 14.3. The van der Waals surface area contributed by atoms with Crippen molar-refractivity contribution in [3.05, 3.63) is 0 Å². The van der Waals surface area contributed by atoms with Crippen molar-refractivity contribution in [3.8, 4) is 0 Å². The van der Waals surface area contributed by atoms with E-state index < -0.39 is 22.5 Å². The molecule has 0 aromatic carbocycles. The van der Waals surface area contributed by atoms with Gasteiger partial charge in [-0.1, -0.05) is 41.5 Å². The topological polar surface area (TPSA) is 96.2 Å². The highest BCUT2D eigenvalue weighted by molar-refractivity contribution is 5.86. The van der Waals surface area contributed by atoms with Gasteiger partial charge >= 0.3 is 5.97 Å². The highest BCUT2D eigenvalue weighted by Crippen LogP contribution is 2.80. The number of aliphatic hydroxyl groups is 1. The standard InChI is InChI=1S/C30H45NO5/c1-24(2)11-12-28-13-14-29(17-31-35)27(6)10-7-18-25(3,4)21(32)8-9-26(18,5)19(27)15-22(33)30(29,20(28)16-24)36-23(28)34/h17-20,22,33,35H,7-16H2,1-6H3/b31-17-/t18?,19?,20?,22-,26-,27+,28-,29+,30+/m0/s1. The van der Waals surface area contributed by atoms with Crippen LogP contribution in [0.15, 0.2) is 5.16 Å². The van der Waals surface area contributed by atoms with Gasteiger partial charge in [-0.25, -0.2) is 0 Å². The number of nitrogens with zero attached hydrogens (tertiary/aromatic N) is 1. The summed E-state index contributed by atoms with van der Waals surface area (Å²) in [5.74, 6) is 0.510. The molecule has 6 heteroatoms. The minimum atomic E-state index is -1.07. The van der Waals surface area contributed by atoms with Gasteiger partial charge in [-0.15, -0.1) is 5.16 Å². The number of carbonyl (C=O) groups excluding carboxylic acids is 2. The van der Waals surface area contributed by atoms with Gasteiger partial charge in [0.2, 0.25) is 0 Å². The third-order valence-electron chi connectivity index (χ3n) is 13.6. The Morgan fingerprint density at radius 1 is 0.917 bits per heavy atom. The lowest BCUT2D eigenvalue weighted by Gasteiger charge is -2.73. The van der Waals surface area contributed by atoms with Crippen LogP contribution in [-0.2, 0) is 14.3 Å². The molecule has 0 amide bonds. The molecule has 6 fully saturated rings. The molecule has 6 nitrogen and oxygen atoms in total. The van der Waals surface area contributed by atoms with Gasteiger partial charge in [-0.05, 0) is 85.9 Å². The summed E-state index contributed by atoms with van der Waals surface area (Å²) >= 11 is 0. The summed E-state index contributed by atoms with van der Waals surface area (Å²) in [7, 11) is 0. The second kappa shape index (κ2) is 6.95. The molecule has 36 heavy (non-hydrogen) atoms. The van der Waals surface area contributed by atoms with Gasteiger partial charge in [0.25, 0.3) is 0 Å². The van der Waals surface area contributed by atoms with Crippen LogP contribution in [0, 0.1) is 50.2 Å². The number of hydrogen-bond acceptors (Lipinski definition) is 6. The van der Waals surface area contributed by atoms with Crippen molar-refractivity contribution in [3.63, 3.8) is 0 Å². The molecule has 5 aliphatic carbocycles. The second-order valence-electron chi connectivity index (χ2n) is 15.4. The van der Waals surface area contributed by atoms with E-state index in [-0.39, 0.29) is 45.4 Å². The van der Waals surface area contributed by atoms with Crippen LogP contribution in [0.1, 0.15) is 106 Å². The van der Waals surface area contributed by atoms with E-state index in [9.17, 15) is 19.9 Å². The lowest BCUT2D eigenvalue weighted by molar-refractivity contribution is -0.292. The minimum absolute atomic E-state index is 0.0590. The summed E-state index contributed by atoms with van der Waals surface area (Å²) in [6.07, 6.45) is 8.65. The third kappa shape index (κ3) is 2.47. The molecule has 2 bridgehead atoms. The predicted octanol–water partition coefficient (Wildman–Crippen LogP) is 5.53. The van der Waals surface area contributed by atoms with E-state index in [0.717, 1.165) is 44.9 Å². The van der Waals surface area contributed by atoms with Crippen molar-refractivity contribution in [2.75, 3.05) is 0 Å². The fraction of sp³-hybridized carbons (Fsp3) is 0.900. The molecule has 1 aliphatic heterocycles. The minimum Gasteiger partial charge on any atom is -0.455 e. The summed E-state index contributed by atoms with van der Waals surface area (Å²) in [6, 6.07) is 0. The van der Waals surface area contributed by atoms with Gasteiger partial charge in [0.1, 0.15) is 5.78 Å². The molecule has 0 aromatic heterocycles. The number of oxime groups is 1. The van der Waals surface area contributed by atoms with E-state index in [2.05, 4.69) is 46.7 Å². The van der Waals surface area contributed by atoms with Crippen LogP contribution in [0.2, 0.25) is 0 Å². The van der Waals surface area contributed by atoms with Crippen molar-refractivity contribution >= 4 is 18.0 Å². The monoisotopic (exact) mass is 499 g/mol. The number of ether oxygens (including phenoxy) is 1. The Labute approximate surface area is 215 Å². The number of ketones is 1. The molecule has 5 saturated carbocycles. The largest absolute Gasteiger partial charge is 0.455 e. The first-order valence-electron chi connectivity index (χ1n) is 14.3. The average Bonchev–Trinajstić information content (AvgIpc) is 2.97. The Balaban J connectivity index is 1.55. The van der Waals surface area contributed by atoms with Crippen molar-refractivity contribution < 1.29 is 24.6 Å². The molecular weight excluding hydrogens is 454 g/mol. The molecular formula is C30H45NO5. The van der Waals surface area contributed by atoms with Crippen molar-refractivity contribution in [2.24, 2.45) is 55.4 Å². The Morgan fingerprint density at radius 2 is 1.61 bits per heavy atom. The van der Waals surface area contributed by atoms with E-state index in [1.807, 2.05) is 0 Å². The summed E-state index contributed by atoms with van der Waals surface area (Å²) in [6.45, 7) is 13.4. The maximum Gasteiger partial charge on any atom is 0.313 e. The van der Waals surface area contributed by atoms with Gasteiger partial charge in [0.15, 0.2) is 5.60 Å². The summed E-state index contributed by atoms with van der Waals surface area (Å²) in [4.78, 5) is 26.8. The predicted molar refractivity (Wildman–Crippen MR) is 135 cm³/mol. The Morgan fingerprint density at radius 3 is 2.31 bits per heavy atom. The van der Waals surface area contributed by atoms with Crippen LogP contribution in [0.3, 0.4) is 0 Å². The van der Waals surface area contributed by atoms with Gasteiger partial charge in [0.05, 0.1) is 23.1 Å². The molecule has 6 aliphatic rings. The van der Waals surface area contributed by atoms with Gasteiger partial charge in [-0.3, -0.25) is 9.59 Å². The van der Waals surface area contributed by atoms with E-state index in [4.69, 9.17) is 4.74 Å². The number of esters is 1. The van der Waals surface area contributed by atoms with Crippen molar-refractivity contribution in [2.45, 2.75) is 117 Å². The molecule has 3 unspecified atom stereocenters. The normalized spacial score (nSPS) is 54.8. The molecule has 0 radical (unpaired) electrons. The number of rotatable bonds is 1. The van der Waals surface area contributed by atoms with Crippen LogP contribution < -0.4 is 0 Å². The van der Waals surface area contributed by atoms with Gasteiger partial charge in [0, 0.05) is 17.8 Å². The zero-order valence-electron chi connectivity index (χ0n) is 23.0. The zero-order chi connectivity index (χ0) is 26.2. The average molecular weight is 500 g/mol. The maximum absolute atomic E-state index is 13.8. The quantitative estimate of drug-likeness (QED) is 0.214. The first-order chi connectivity index (χ1) is 16.7. The molecule has 1 spiro atoms. The Kier molecular flexibility index (Phi) is 4.80. The second-order valence-corrected chi connectivity index (χ2v) is 15.4. The van der Waals surface area contributed by atoms with Crippen molar-refractivity contribution in [1.82, 2.24) is 0 Å². The van der Waals surface area contributed by atoms with Gasteiger partial charge in [-0.2, -0.15) is 0 Å². The summed E-state index contributed by atoms with van der Waals surface area (Å²) < 4.78 is 6.57. The summed E-state index contributed by atoms with van der Waals surface area (Å²) in [5.41, 5.74) is -3.12. The Hall–Kier alpha value is -1.43. The van der Waals surface area contributed by atoms with Crippen molar-refractivity contribution in [1.29, 1.82) is 0 Å². The summed E-state index contributed by atoms with van der Waals surface area (Å²) in [5, 5.41) is 26.1. The molecule has 0 aromatic rings.